The normalized spacial score (nSPS) is 14.4. The van der Waals surface area contributed by atoms with Gasteiger partial charge in [-0.1, -0.05) is 67.8 Å². The van der Waals surface area contributed by atoms with E-state index in [1.54, 1.807) is 0 Å². The number of nitrogens with zero attached hydrogens (tertiary/aromatic N) is 1. The summed E-state index contributed by atoms with van der Waals surface area (Å²) in [6, 6.07) is 17.3. The van der Waals surface area contributed by atoms with Crippen LogP contribution in [0.2, 0.25) is 0 Å². The fraction of sp³-hybridized carbons (Fsp3) is 0.346. The van der Waals surface area contributed by atoms with E-state index in [0.717, 1.165) is 40.6 Å². The van der Waals surface area contributed by atoms with Crippen molar-refractivity contribution in [1.82, 2.24) is 10.3 Å². The number of rotatable bonds is 6. The summed E-state index contributed by atoms with van der Waals surface area (Å²) in [6.45, 7) is 2.26. The Morgan fingerprint density at radius 1 is 1.00 bits per heavy atom. The monoisotopic (exact) mass is 416 g/mol. The molecule has 160 valence electrons. The van der Waals surface area contributed by atoms with E-state index in [1.165, 1.54) is 19.3 Å². The van der Waals surface area contributed by atoms with E-state index in [4.69, 9.17) is 9.72 Å². The van der Waals surface area contributed by atoms with Crippen LogP contribution in [0.5, 0.6) is 0 Å². The molecule has 0 radical (unpaired) electrons. The van der Waals surface area contributed by atoms with Crippen LogP contribution in [-0.2, 0) is 9.53 Å². The highest BCUT2D eigenvalue weighted by Gasteiger charge is 2.21. The lowest BCUT2D eigenvalue weighted by Crippen LogP contribution is -2.33. The number of amides is 1. The van der Waals surface area contributed by atoms with Crippen molar-refractivity contribution in [1.29, 1.82) is 0 Å². The van der Waals surface area contributed by atoms with Gasteiger partial charge in [-0.2, -0.15) is 0 Å². The molecule has 0 aliphatic heterocycles. The zero-order valence-electron chi connectivity index (χ0n) is 17.9. The van der Waals surface area contributed by atoms with Gasteiger partial charge in [0.05, 0.1) is 16.8 Å². The van der Waals surface area contributed by atoms with Gasteiger partial charge in [0.1, 0.15) is 0 Å². The summed E-state index contributed by atoms with van der Waals surface area (Å²) >= 11 is 0. The first-order valence-electron chi connectivity index (χ1n) is 11.0. The van der Waals surface area contributed by atoms with Crippen molar-refractivity contribution in [2.24, 2.45) is 5.92 Å². The minimum atomic E-state index is -0.499. The highest BCUT2D eigenvalue weighted by molar-refractivity contribution is 6.06. The molecule has 2 aromatic carbocycles. The van der Waals surface area contributed by atoms with Crippen molar-refractivity contribution in [2.75, 3.05) is 13.2 Å². The van der Waals surface area contributed by atoms with Crippen LogP contribution >= 0.6 is 0 Å². The number of para-hydroxylation sites is 1. The molecule has 0 saturated heterocycles. The third kappa shape index (κ3) is 4.93. The number of nitrogens with one attached hydrogen (secondary N) is 1. The van der Waals surface area contributed by atoms with Crippen LogP contribution in [0.15, 0.2) is 54.6 Å². The molecule has 0 unspecified atom stereocenters. The van der Waals surface area contributed by atoms with Crippen molar-refractivity contribution in [2.45, 2.75) is 39.0 Å². The van der Waals surface area contributed by atoms with E-state index in [9.17, 15) is 9.59 Å². The van der Waals surface area contributed by atoms with E-state index < -0.39 is 5.97 Å². The van der Waals surface area contributed by atoms with Gasteiger partial charge in [0.25, 0.3) is 5.91 Å². The molecule has 1 N–H and O–H groups in total. The van der Waals surface area contributed by atoms with Crippen molar-refractivity contribution in [3.63, 3.8) is 0 Å². The number of carbonyl (C=O) groups excluding carboxylic acids is 2. The average molecular weight is 417 g/mol. The number of aromatic nitrogens is 1. The number of fused-ring (bicyclic) bond motifs is 1. The molecule has 0 spiro atoms. The topological polar surface area (TPSA) is 68.3 Å². The average Bonchev–Trinajstić information content (AvgIpc) is 2.82. The highest BCUT2D eigenvalue weighted by Crippen LogP contribution is 2.30. The molecule has 5 heteroatoms. The molecule has 3 aromatic rings. The Labute approximate surface area is 182 Å². The predicted molar refractivity (Wildman–Crippen MR) is 122 cm³/mol. The second-order valence-electron chi connectivity index (χ2n) is 8.23. The molecule has 0 atom stereocenters. The lowest BCUT2D eigenvalue weighted by atomic mass is 9.89. The van der Waals surface area contributed by atoms with Gasteiger partial charge in [-0.15, -0.1) is 0 Å². The fourth-order valence-electron chi connectivity index (χ4n) is 4.35. The SMILES string of the molecule is Cc1c(-c2ccccc2)nc2ccccc2c1C(=O)OCC(=O)NCC1CCCCC1. The van der Waals surface area contributed by atoms with Gasteiger partial charge in [0, 0.05) is 17.5 Å². The van der Waals surface area contributed by atoms with Crippen molar-refractivity contribution in [3.05, 3.63) is 65.7 Å². The van der Waals surface area contributed by atoms with Crippen LogP contribution in [0.4, 0.5) is 0 Å². The van der Waals surface area contributed by atoms with Crippen molar-refractivity contribution < 1.29 is 14.3 Å². The minimum Gasteiger partial charge on any atom is -0.452 e. The molecule has 1 saturated carbocycles. The maximum atomic E-state index is 13.0. The molecule has 1 aliphatic rings. The Balaban J connectivity index is 1.51. The standard InChI is InChI=1S/C26H28N2O3/c1-18-24(26(30)31-17-23(29)27-16-19-10-4-2-5-11-19)21-14-8-9-15-22(21)28-25(18)20-12-6-3-7-13-20/h3,6-9,12-15,19H,2,4-5,10-11,16-17H2,1H3,(H,27,29). The van der Waals surface area contributed by atoms with Crippen LogP contribution in [0.1, 0.15) is 48.0 Å². The molecule has 4 rings (SSSR count). The Morgan fingerprint density at radius 2 is 1.71 bits per heavy atom. The third-order valence-corrected chi connectivity index (χ3v) is 6.03. The first-order valence-corrected chi connectivity index (χ1v) is 11.0. The minimum absolute atomic E-state index is 0.252. The van der Waals surface area contributed by atoms with E-state index in [2.05, 4.69) is 5.32 Å². The van der Waals surface area contributed by atoms with Gasteiger partial charge in [-0.3, -0.25) is 4.79 Å². The van der Waals surface area contributed by atoms with Crippen molar-refractivity contribution >= 4 is 22.8 Å². The smallest absolute Gasteiger partial charge is 0.339 e. The molecule has 1 fully saturated rings. The van der Waals surface area contributed by atoms with Gasteiger partial charge in [0.15, 0.2) is 6.61 Å². The molecule has 5 nitrogen and oxygen atoms in total. The maximum Gasteiger partial charge on any atom is 0.339 e. The zero-order valence-corrected chi connectivity index (χ0v) is 17.9. The Hall–Kier alpha value is -3.21. The molecule has 1 aromatic heterocycles. The van der Waals surface area contributed by atoms with Gasteiger partial charge in [-0.25, -0.2) is 9.78 Å². The third-order valence-electron chi connectivity index (χ3n) is 6.03. The summed E-state index contributed by atoms with van der Waals surface area (Å²) in [5, 5.41) is 3.65. The van der Waals surface area contributed by atoms with E-state index in [1.807, 2.05) is 61.5 Å². The summed E-state index contributed by atoms with van der Waals surface area (Å²) in [5.74, 6) is -0.215. The van der Waals surface area contributed by atoms with Crippen molar-refractivity contribution in [3.8, 4) is 11.3 Å². The van der Waals surface area contributed by atoms with Crippen LogP contribution in [0, 0.1) is 12.8 Å². The van der Waals surface area contributed by atoms with Gasteiger partial charge in [0.2, 0.25) is 0 Å². The lowest BCUT2D eigenvalue weighted by Gasteiger charge is -2.21. The predicted octanol–water partition coefficient (Wildman–Crippen LogP) is 5.06. The first-order chi connectivity index (χ1) is 15.1. The molecule has 31 heavy (non-hydrogen) atoms. The number of hydrogen-bond donors (Lipinski definition) is 1. The van der Waals surface area contributed by atoms with E-state index >= 15 is 0 Å². The largest absolute Gasteiger partial charge is 0.452 e. The molecular weight excluding hydrogens is 388 g/mol. The van der Waals surface area contributed by atoms with Crippen LogP contribution in [0.25, 0.3) is 22.2 Å². The number of hydrogen-bond acceptors (Lipinski definition) is 4. The van der Waals surface area contributed by atoms with Crippen LogP contribution in [0.3, 0.4) is 0 Å². The van der Waals surface area contributed by atoms with Gasteiger partial charge >= 0.3 is 5.97 Å². The lowest BCUT2D eigenvalue weighted by molar-refractivity contribution is -0.124. The Kier molecular flexibility index (Phi) is 6.60. The summed E-state index contributed by atoms with van der Waals surface area (Å²) in [4.78, 5) is 30.1. The maximum absolute atomic E-state index is 13.0. The Morgan fingerprint density at radius 3 is 2.48 bits per heavy atom. The van der Waals surface area contributed by atoms with Crippen LogP contribution < -0.4 is 5.32 Å². The summed E-state index contributed by atoms with van der Waals surface area (Å²) < 4.78 is 5.43. The molecule has 1 aliphatic carbocycles. The van der Waals surface area contributed by atoms with Crippen LogP contribution in [-0.4, -0.2) is 30.0 Å². The first kappa shape index (κ1) is 21.0. The van der Waals surface area contributed by atoms with E-state index in [-0.39, 0.29) is 12.5 Å². The quantitative estimate of drug-likeness (QED) is 0.570. The van der Waals surface area contributed by atoms with Gasteiger partial charge < -0.3 is 10.1 Å². The molecule has 1 amide bonds. The molecular formula is C26H28N2O3. The number of pyridine rings is 1. The second-order valence-corrected chi connectivity index (χ2v) is 8.23. The summed E-state index contributed by atoms with van der Waals surface area (Å²) in [7, 11) is 0. The van der Waals surface area contributed by atoms with E-state index in [0.29, 0.717) is 18.0 Å². The number of carbonyl (C=O) groups is 2. The zero-order chi connectivity index (χ0) is 21.6. The molecule has 0 bridgehead atoms. The highest BCUT2D eigenvalue weighted by atomic mass is 16.5. The fourth-order valence-corrected chi connectivity index (χ4v) is 4.35. The van der Waals surface area contributed by atoms with Gasteiger partial charge in [-0.05, 0) is 37.3 Å². The number of benzene rings is 2. The summed E-state index contributed by atoms with van der Waals surface area (Å²) in [6.07, 6.45) is 6.06. The summed E-state index contributed by atoms with van der Waals surface area (Å²) in [5.41, 5.74) is 3.61. The second kappa shape index (κ2) is 9.73. The Bertz CT molecular complexity index is 1070. The number of esters is 1. The number of ether oxygens (including phenoxy) is 1. The molecule has 1 heterocycles.